The molecule has 4 unspecified atom stereocenters. The van der Waals surface area contributed by atoms with Crippen molar-refractivity contribution in [3.63, 3.8) is 0 Å². The van der Waals surface area contributed by atoms with Crippen molar-refractivity contribution in [2.24, 2.45) is 29.1 Å². The van der Waals surface area contributed by atoms with Crippen molar-refractivity contribution in [3.05, 3.63) is 0 Å². The van der Waals surface area contributed by atoms with E-state index in [1.807, 2.05) is 0 Å². The zero-order valence-electron chi connectivity index (χ0n) is 9.76. The predicted molar refractivity (Wildman–Crippen MR) is 60.1 cm³/mol. The van der Waals surface area contributed by atoms with Crippen molar-refractivity contribution in [1.29, 1.82) is 0 Å². The van der Waals surface area contributed by atoms with Crippen LogP contribution in [0.1, 0.15) is 58.8 Å². The van der Waals surface area contributed by atoms with E-state index in [4.69, 9.17) is 0 Å². The molecule has 0 heteroatoms. The minimum Gasteiger partial charge on any atom is -0.0651 e. The lowest BCUT2D eigenvalue weighted by molar-refractivity contribution is 0.0532. The third-order valence-electron chi connectivity index (χ3n) is 5.89. The van der Waals surface area contributed by atoms with Gasteiger partial charge in [-0.05, 0) is 54.8 Å². The van der Waals surface area contributed by atoms with E-state index in [0.717, 1.165) is 23.2 Å². The highest BCUT2D eigenvalue weighted by Crippen LogP contribution is 2.70. The van der Waals surface area contributed by atoms with Gasteiger partial charge in [0.1, 0.15) is 0 Å². The molecule has 14 heavy (non-hydrogen) atoms. The molecule has 0 saturated heterocycles. The lowest BCUT2D eigenvalue weighted by Crippen LogP contribution is -2.36. The van der Waals surface area contributed by atoms with Crippen LogP contribution in [-0.2, 0) is 0 Å². The fraction of sp³-hybridized carbons (Fsp3) is 1.00. The van der Waals surface area contributed by atoms with E-state index in [2.05, 4.69) is 13.8 Å². The largest absolute Gasteiger partial charge is 0.0651 e. The van der Waals surface area contributed by atoms with Crippen LogP contribution in [0.5, 0.6) is 0 Å². The molecule has 0 bridgehead atoms. The van der Waals surface area contributed by atoms with Crippen LogP contribution in [0.2, 0.25) is 0 Å². The molecule has 3 aliphatic carbocycles. The Balaban J connectivity index is 1.60. The maximum atomic E-state index is 2.52. The van der Waals surface area contributed by atoms with Gasteiger partial charge in [0.2, 0.25) is 0 Å². The fourth-order valence-electron chi connectivity index (χ4n) is 4.64. The lowest BCUT2D eigenvalue weighted by Gasteiger charge is -2.44. The Morgan fingerprint density at radius 2 is 1.93 bits per heavy atom. The van der Waals surface area contributed by atoms with Gasteiger partial charge in [-0.2, -0.15) is 0 Å². The summed E-state index contributed by atoms with van der Waals surface area (Å²) in [6, 6.07) is 0. The topological polar surface area (TPSA) is 0 Å². The molecule has 0 nitrogen and oxygen atoms in total. The second-order valence-electron chi connectivity index (χ2n) is 6.31. The first-order valence-electron chi connectivity index (χ1n) is 6.77. The average Bonchev–Trinajstić information content (AvgIpc) is 2.62. The van der Waals surface area contributed by atoms with E-state index >= 15 is 0 Å². The standard InChI is InChI=1S/C14H24/c1-3-11-8-12(10(11)2)13-9-14(13)6-4-5-7-14/h10-13H,3-9H2,1-2H3. The summed E-state index contributed by atoms with van der Waals surface area (Å²) in [5.74, 6) is 4.45. The van der Waals surface area contributed by atoms with E-state index in [1.54, 1.807) is 25.7 Å². The van der Waals surface area contributed by atoms with Crippen molar-refractivity contribution in [2.45, 2.75) is 58.8 Å². The summed E-state index contributed by atoms with van der Waals surface area (Å²) >= 11 is 0. The molecule has 0 N–H and O–H groups in total. The first kappa shape index (κ1) is 9.24. The van der Waals surface area contributed by atoms with Crippen LogP contribution in [0.15, 0.2) is 0 Å². The van der Waals surface area contributed by atoms with Crippen LogP contribution in [0.25, 0.3) is 0 Å². The van der Waals surface area contributed by atoms with Crippen LogP contribution >= 0.6 is 0 Å². The number of hydrogen-bond donors (Lipinski definition) is 0. The first-order chi connectivity index (χ1) is 6.77. The zero-order valence-corrected chi connectivity index (χ0v) is 9.76. The summed E-state index contributed by atoms with van der Waals surface area (Å²) in [7, 11) is 0. The van der Waals surface area contributed by atoms with E-state index in [9.17, 15) is 0 Å². The van der Waals surface area contributed by atoms with Crippen LogP contribution in [0.4, 0.5) is 0 Å². The van der Waals surface area contributed by atoms with Gasteiger partial charge >= 0.3 is 0 Å². The van der Waals surface area contributed by atoms with Crippen LogP contribution < -0.4 is 0 Å². The Hall–Kier alpha value is 0. The van der Waals surface area contributed by atoms with Gasteiger partial charge < -0.3 is 0 Å². The van der Waals surface area contributed by atoms with Crippen molar-refractivity contribution < 1.29 is 0 Å². The second-order valence-corrected chi connectivity index (χ2v) is 6.31. The molecule has 3 saturated carbocycles. The Labute approximate surface area is 88.5 Å². The highest BCUT2D eigenvalue weighted by atomic mass is 14.7. The number of rotatable bonds is 2. The highest BCUT2D eigenvalue weighted by molar-refractivity contribution is 5.10. The molecule has 0 radical (unpaired) electrons. The summed E-state index contributed by atoms with van der Waals surface area (Å²) in [5.41, 5.74) is 0.900. The van der Waals surface area contributed by atoms with Gasteiger partial charge in [-0.15, -0.1) is 0 Å². The molecule has 3 rings (SSSR count). The highest BCUT2D eigenvalue weighted by Gasteiger charge is 2.61. The van der Waals surface area contributed by atoms with Gasteiger partial charge in [0.25, 0.3) is 0 Å². The Morgan fingerprint density at radius 1 is 1.21 bits per heavy atom. The lowest BCUT2D eigenvalue weighted by atomic mass is 9.61. The van der Waals surface area contributed by atoms with Crippen LogP contribution in [0.3, 0.4) is 0 Å². The van der Waals surface area contributed by atoms with Crippen molar-refractivity contribution >= 4 is 0 Å². The minimum atomic E-state index is 0.900. The molecule has 3 fully saturated rings. The van der Waals surface area contributed by atoms with E-state index < -0.39 is 0 Å². The maximum absolute atomic E-state index is 2.52. The molecule has 1 spiro atoms. The van der Waals surface area contributed by atoms with Gasteiger partial charge in [0, 0.05) is 0 Å². The monoisotopic (exact) mass is 192 g/mol. The third-order valence-corrected chi connectivity index (χ3v) is 5.89. The van der Waals surface area contributed by atoms with Crippen LogP contribution in [-0.4, -0.2) is 0 Å². The maximum Gasteiger partial charge on any atom is -0.0263 e. The fourth-order valence-corrected chi connectivity index (χ4v) is 4.64. The molecule has 3 aliphatic rings. The van der Waals surface area contributed by atoms with Gasteiger partial charge in [0.05, 0.1) is 0 Å². The smallest absolute Gasteiger partial charge is 0.0263 e. The van der Waals surface area contributed by atoms with Gasteiger partial charge in [-0.25, -0.2) is 0 Å². The molecule has 0 amide bonds. The first-order valence-corrected chi connectivity index (χ1v) is 6.77. The van der Waals surface area contributed by atoms with Crippen LogP contribution in [0, 0.1) is 29.1 Å². The SMILES string of the molecule is CCC1CC(C2CC23CCCC3)C1C. The normalized spacial score (nSPS) is 49.3. The molecule has 0 aromatic carbocycles. The Morgan fingerprint density at radius 3 is 2.50 bits per heavy atom. The minimum absolute atomic E-state index is 0.900. The van der Waals surface area contributed by atoms with E-state index in [1.165, 1.54) is 25.2 Å². The number of hydrogen-bond acceptors (Lipinski definition) is 0. The predicted octanol–water partition coefficient (Wildman–Crippen LogP) is 4.25. The van der Waals surface area contributed by atoms with E-state index in [-0.39, 0.29) is 0 Å². The van der Waals surface area contributed by atoms with Gasteiger partial charge in [0.15, 0.2) is 0 Å². The molecular weight excluding hydrogens is 168 g/mol. The quantitative estimate of drug-likeness (QED) is 0.613. The molecule has 0 aliphatic heterocycles. The van der Waals surface area contributed by atoms with E-state index in [0.29, 0.717) is 0 Å². The zero-order chi connectivity index (χ0) is 9.76. The molecule has 0 heterocycles. The molecular formula is C14H24. The summed E-state index contributed by atoms with van der Waals surface area (Å²) in [6.45, 7) is 4.89. The summed E-state index contributed by atoms with van der Waals surface area (Å²) in [4.78, 5) is 0. The molecule has 0 aromatic rings. The molecule has 80 valence electrons. The van der Waals surface area contributed by atoms with Crippen molar-refractivity contribution in [2.75, 3.05) is 0 Å². The van der Waals surface area contributed by atoms with Crippen molar-refractivity contribution in [3.8, 4) is 0 Å². The summed E-state index contributed by atoms with van der Waals surface area (Å²) in [6.07, 6.45) is 10.8. The van der Waals surface area contributed by atoms with Crippen molar-refractivity contribution in [1.82, 2.24) is 0 Å². The summed E-state index contributed by atoms with van der Waals surface area (Å²) in [5, 5.41) is 0. The van der Waals surface area contributed by atoms with Gasteiger partial charge in [-0.1, -0.05) is 33.1 Å². The Kier molecular flexibility index (Phi) is 1.98. The second kappa shape index (κ2) is 3.00. The Bertz CT molecular complexity index is 224. The molecule has 4 atom stereocenters. The summed E-state index contributed by atoms with van der Waals surface area (Å²) < 4.78 is 0. The molecule has 0 aromatic heterocycles. The average molecular weight is 192 g/mol. The third kappa shape index (κ3) is 1.12. The van der Waals surface area contributed by atoms with Gasteiger partial charge in [-0.3, -0.25) is 0 Å².